The van der Waals surface area contributed by atoms with Crippen LogP contribution in [0.15, 0.2) is 24.3 Å². The number of fused-ring (bicyclic) bond motifs is 1. The summed E-state index contributed by atoms with van der Waals surface area (Å²) in [7, 11) is 0. The molecule has 1 amide bonds. The monoisotopic (exact) mass is 319 g/mol. The molecule has 0 radical (unpaired) electrons. The summed E-state index contributed by atoms with van der Waals surface area (Å²) < 4.78 is 15.2. The molecule has 1 N–H and O–H groups in total. The van der Waals surface area contributed by atoms with Crippen molar-refractivity contribution in [1.82, 2.24) is 0 Å². The van der Waals surface area contributed by atoms with E-state index in [2.05, 4.69) is 5.32 Å². The minimum atomic E-state index is -0.598. The number of allylic oxidation sites excluding steroid dienone is 1. The van der Waals surface area contributed by atoms with Crippen molar-refractivity contribution in [2.45, 2.75) is 20.3 Å². The molecule has 7 heteroatoms. The van der Waals surface area contributed by atoms with Gasteiger partial charge in [-0.25, -0.2) is 4.79 Å². The molecule has 0 atom stereocenters. The topological polar surface area (TPSA) is 90.9 Å². The van der Waals surface area contributed by atoms with E-state index in [0.717, 1.165) is 0 Å². The van der Waals surface area contributed by atoms with Gasteiger partial charge in [0.1, 0.15) is 0 Å². The standard InChI is InChI=1S/C16H17NO6/c1-3-4-5-16(20)21-8-15(19)17-12-7-14-13(22-9-23-14)6-11(12)10(2)18/h4-7H,3,8-9H2,1-2H3,(H,17,19)/b5-4+. The predicted molar refractivity (Wildman–Crippen MR) is 81.6 cm³/mol. The lowest BCUT2D eigenvalue weighted by Gasteiger charge is -2.10. The van der Waals surface area contributed by atoms with Crippen LogP contribution in [-0.2, 0) is 14.3 Å². The van der Waals surface area contributed by atoms with Crippen LogP contribution in [0.4, 0.5) is 5.69 Å². The van der Waals surface area contributed by atoms with E-state index in [1.807, 2.05) is 6.92 Å². The molecule has 1 aromatic rings. The Hall–Kier alpha value is -2.83. The van der Waals surface area contributed by atoms with Crippen molar-refractivity contribution in [2.75, 3.05) is 18.7 Å². The number of esters is 1. The molecule has 0 saturated carbocycles. The van der Waals surface area contributed by atoms with E-state index in [-0.39, 0.29) is 18.3 Å². The molecule has 0 saturated heterocycles. The first kappa shape index (κ1) is 16.5. The summed E-state index contributed by atoms with van der Waals surface area (Å²) in [6.07, 6.45) is 3.58. The van der Waals surface area contributed by atoms with Crippen molar-refractivity contribution in [3.05, 3.63) is 29.8 Å². The minimum absolute atomic E-state index is 0.0610. The molecule has 23 heavy (non-hydrogen) atoms. The van der Waals surface area contributed by atoms with Crippen LogP contribution in [-0.4, -0.2) is 31.1 Å². The van der Waals surface area contributed by atoms with Gasteiger partial charge in [-0.3, -0.25) is 9.59 Å². The maximum absolute atomic E-state index is 11.9. The van der Waals surface area contributed by atoms with Crippen molar-refractivity contribution in [2.24, 2.45) is 0 Å². The lowest BCUT2D eigenvalue weighted by molar-refractivity contribution is -0.142. The average molecular weight is 319 g/mol. The highest BCUT2D eigenvalue weighted by Crippen LogP contribution is 2.37. The second kappa shape index (κ2) is 7.44. The lowest BCUT2D eigenvalue weighted by atomic mass is 10.1. The fourth-order valence-corrected chi connectivity index (χ4v) is 1.92. The Balaban J connectivity index is 2.04. The highest BCUT2D eigenvalue weighted by molar-refractivity contribution is 6.05. The molecule has 1 aliphatic heterocycles. The van der Waals surface area contributed by atoms with Gasteiger partial charge < -0.3 is 19.5 Å². The fourth-order valence-electron chi connectivity index (χ4n) is 1.92. The molecule has 0 fully saturated rings. The predicted octanol–water partition coefficient (Wildman–Crippen LogP) is 2.07. The quantitative estimate of drug-likeness (QED) is 0.490. The van der Waals surface area contributed by atoms with Crippen molar-refractivity contribution in [3.63, 3.8) is 0 Å². The van der Waals surface area contributed by atoms with Crippen LogP contribution in [0.5, 0.6) is 11.5 Å². The van der Waals surface area contributed by atoms with Gasteiger partial charge in [0, 0.05) is 17.7 Å². The summed E-state index contributed by atoms with van der Waals surface area (Å²) in [6, 6.07) is 3.02. The second-order valence-electron chi connectivity index (χ2n) is 4.77. The van der Waals surface area contributed by atoms with E-state index in [1.54, 1.807) is 6.08 Å². The van der Waals surface area contributed by atoms with E-state index in [1.165, 1.54) is 25.1 Å². The van der Waals surface area contributed by atoms with Crippen LogP contribution in [0.3, 0.4) is 0 Å². The molecule has 122 valence electrons. The number of ketones is 1. The third-order valence-electron chi connectivity index (χ3n) is 3.00. The summed E-state index contributed by atoms with van der Waals surface area (Å²) in [5.41, 5.74) is 0.576. The first-order valence-corrected chi connectivity index (χ1v) is 7.09. The van der Waals surface area contributed by atoms with Crippen molar-refractivity contribution in [3.8, 4) is 11.5 Å². The molecule has 0 unspecified atom stereocenters. The Morgan fingerprint density at radius 1 is 1.26 bits per heavy atom. The summed E-state index contributed by atoms with van der Waals surface area (Å²) in [6.45, 7) is 2.87. The van der Waals surface area contributed by atoms with Gasteiger partial charge in [0.2, 0.25) is 6.79 Å². The number of Topliss-reactive ketones (excluding diaryl/α,β-unsaturated/α-hetero) is 1. The van der Waals surface area contributed by atoms with Gasteiger partial charge in [-0.05, 0) is 19.4 Å². The smallest absolute Gasteiger partial charge is 0.330 e. The number of anilines is 1. The molecule has 0 aliphatic carbocycles. The van der Waals surface area contributed by atoms with E-state index in [9.17, 15) is 14.4 Å². The number of amides is 1. The van der Waals surface area contributed by atoms with E-state index >= 15 is 0 Å². The number of rotatable bonds is 6. The number of benzene rings is 1. The normalized spacial score (nSPS) is 12.3. The number of hydrogen-bond acceptors (Lipinski definition) is 6. The second-order valence-corrected chi connectivity index (χ2v) is 4.77. The highest BCUT2D eigenvalue weighted by Gasteiger charge is 2.20. The van der Waals surface area contributed by atoms with Crippen LogP contribution in [0.2, 0.25) is 0 Å². The Morgan fingerprint density at radius 3 is 2.61 bits per heavy atom. The van der Waals surface area contributed by atoms with E-state index < -0.39 is 18.5 Å². The molecule has 1 aromatic carbocycles. The zero-order chi connectivity index (χ0) is 16.8. The van der Waals surface area contributed by atoms with Gasteiger partial charge in [-0.15, -0.1) is 0 Å². The molecular weight excluding hydrogens is 302 g/mol. The Kier molecular flexibility index (Phi) is 5.35. The minimum Gasteiger partial charge on any atom is -0.454 e. The first-order valence-electron chi connectivity index (χ1n) is 7.09. The van der Waals surface area contributed by atoms with Gasteiger partial charge >= 0.3 is 5.97 Å². The molecular formula is C16H17NO6. The largest absolute Gasteiger partial charge is 0.454 e. The first-order chi connectivity index (χ1) is 11.0. The van der Waals surface area contributed by atoms with Gasteiger partial charge in [0.15, 0.2) is 23.9 Å². The number of ether oxygens (including phenoxy) is 3. The molecule has 0 bridgehead atoms. The maximum Gasteiger partial charge on any atom is 0.330 e. The third-order valence-corrected chi connectivity index (χ3v) is 3.00. The Morgan fingerprint density at radius 2 is 1.96 bits per heavy atom. The van der Waals surface area contributed by atoms with Crippen LogP contribution >= 0.6 is 0 Å². The van der Waals surface area contributed by atoms with E-state index in [4.69, 9.17) is 14.2 Å². The summed E-state index contributed by atoms with van der Waals surface area (Å²) in [5, 5.41) is 2.54. The van der Waals surface area contributed by atoms with Crippen molar-refractivity contribution in [1.29, 1.82) is 0 Å². The zero-order valence-corrected chi connectivity index (χ0v) is 12.9. The third kappa shape index (κ3) is 4.32. The van der Waals surface area contributed by atoms with Crippen molar-refractivity contribution < 1.29 is 28.6 Å². The van der Waals surface area contributed by atoms with Crippen LogP contribution in [0.25, 0.3) is 0 Å². The van der Waals surface area contributed by atoms with Gasteiger partial charge in [-0.2, -0.15) is 0 Å². The number of carbonyl (C=O) groups is 3. The van der Waals surface area contributed by atoms with Crippen LogP contribution < -0.4 is 14.8 Å². The lowest BCUT2D eigenvalue weighted by Crippen LogP contribution is -2.21. The van der Waals surface area contributed by atoms with E-state index in [0.29, 0.717) is 23.5 Å². The average Bonchev–Trinajstić information content (AvgIpc) is 2.97. The van der Waals surface area contributed by atoms with Crippen LogP contribution in [0, 0.1) is 0 Å². The van der Waals surface area contributed by atoms with Gasteiger partial charge in [0.05, 0.1) is 5.69 Å². The molecule has 1 heterocycles. The fraction of sp³-hybridized carbons (Fsp3) is 0.312. The van der Waals surface area contributed by atoms with Gasteiger partial charge in [-0.1, -0.05) is 13.0 Å². The Bertz CT molecular complexity index is 665. The van der Waals surface area contributed by atoms with Gasteiger partial charge in [0.25, 0.3) is 5.91 Å². The Labute approximate surface area is 133 Å². The SMILES string of the molecule is CC/C=C/C(=O)OCC(=O)Nc1cc2c(cc1C(C)=O)OCO2. The summed E-state index contributed by atoms with van der Waals surface area (Å²) >= 11 is 0. The molecule has 0 aromatic heterocycles. The van der Waals surface area contributed by atoms with Crippen LogP contribution in [0.1, 0.15) is 30.6 Å². The molecule has 7 nitrogen and oxygen atoms in total. The molecule has 0 spiro atoms. The number of hydrogen-bond donors (Lipinski definition) is 1. The summed E-state index contributed by atoms with van der Waals surface area (Å²) in [4.78, 5) is 34.9. The number of nitrogens with one attached hydrogen (secondary N) is 1. The summed E-state index contributed by atoms with van der Waals surface area (Å²) in [5.74, 6) is -0.497. The zero-order valence-electron chi connectivity index (χ0n) is 12.9. The maximum atomic E-state index is 11.9. The molecule has 2 rings (SSSR count). The van der Waals surface area contributed by atoms with Crippen molar-refractivity contribution >= 4 is 23.3 Å². The molecule has 1 aliphatic rings. The number of carbonyl (C=O) groups excluding carboxylic acids is 3. The highest BCUT2D eigenvalue weighted by atomic mass is 16.7.